The lowest BCUT2D eigenvalue weighted by Gasteiger charge is -2.45. The van der Waals surface area contributed by atoms with Gasteiger partial charge in [0.05, 0.1) is 0 Å². The summed E-state index contributed by atoms with van der Waals surface area (Å²) in [7, 11) is 0. The number of carbonyl (C=O) groups excluding carboxylic acids is 5. The topological polar surface area (TPSA) is 138 Å². The van der Waals surface area contributed by atoms with Crippen molar-refractivity contribution in [1.29, 1.82) is 0 Å². The summed E-state index contributed by atoms with van der Waals surface area (Å²) in [4.78, 5) is 64.6. The number of nitrogens with zero attached hydrogens (tertiary/aromatic N) is 2. The number of esters is 4. The molecule has 5 atom stereocenters. The molecule has 0 bridgehead atoms. The molecule has 3 rings (SSSR count). The van der Waals surface area contributed by atoms with Crippen molar-refractivity contribution in [1.82, 2.24) is 4.90 Å². The number of benzene rings is 1. The van der Waals surface area contributed by atoms with E-state index in [-0.39, 0.29) is 0 Å². The SMILES string of the molecule is CC(=O)O[C@@H]1O[C@H](C(=O)N2CCN(c3ccc(Cl)cc3)CC2)[C@@H](OC(C)=O)[C@H](OC(C)=O)[C@H]1OC(C)=O. The first-order valence-electron chi connectivity index (χ1n) is 11.6. The van der Waals surface area contributed by atoms with E-state index in [4.69, 9.17) is 35.3 Å². The Kier molecular flexibility index (Phi) is 9.33. The lowest BCUT2D eigenvalue weighted by Crippen LogP contribution is -2.66. The maximum Gasteiger partial charge on any atom is 0.305 e. The second-order valence-corrected chi connectivity index (χ2v) is 8.98. The molecule has 2 saturated heterocycles. The standard InChI is InChI=1S/C24H29ClN2O10/c1-13(28)33-19-20(34-14(2)29)22(35-15(3)30)24(36-16(4)31)37-21(19)23(32)27-11-9-26(10-12-27)18-7-5-17(25)6-8-18/h5-8,19-22,24H,9-12H2,1-4H3/t19-,20-,21-,22+,24+/m0/s1. The smallest absolute Gasteiger partial charge is 0.305 e. The highest BCUT2D eigenvalue weighted by Gasteiger charge is 2.56. The Balaban J connectivity index is 1.86. The van der Waals surface area contributed by atoms with Gasteiger partial charge in [-0.15, -0.1) is 0 Å². The monoisotopic (exact) mass is 540 g/mol. The predicted octanol–water partition coefficient (Wildman–Crippen LogP) is 1.07. The Labute approximate surface area is 218 Å². The van der Waals surface area contributed by atoms with Crippen LogP contribution in [-0.2, 0) is 47.7 Å². The summed E-state index contributed by atoms with van der Waals surface area (Å²) >= 11 is 5.96. The molecule has 0 N–H and O–H groups in total. The van der Waals surface area contributed by atoms with E-state index in [2.05, 4.69) is 4.90 Å². The number of hydrogen-bond acceptors (Lipinski definition) is 11. The minimum absolute atomic E-state index is 0.304. The molecule has 0 saturated carbocycles. The Morgan fingerprint density at radius 3 is 1.73 bits per heavy atom. The summed E-state index contributed by atoms with van der Waals surface area (Å²) in [6.45, 7) is 5.99. The summed E-state index contributed by atoms with van der Waals surface area (Å²) < 4.78 is 26.8. The fourth-order valence-electron chi connectivity index (χ4n) is 4.25. The number of carbonyl (C=O) groups is 5. The minimum atomic E-state index is -1.60. The molecule has 0 aromatic heterocycles. The first-order valence-corrected chi connectivity index (χ1v) is 12.0. The van der Waals surface area contributed by atoms with Gasteiger partial charge in [-0.3, -0.25) is 24.0 Å². The van der Waals surface area contributed by atoms with Gasteiger partial charge in [0.15, 0.2) is 18.3 Å². The second kappa shape index (κ2) is 12.2. The van der Waals surface area contributed by atoms with Gasteiger partial charge in [-0.1, -0.05) is 11.6 Å². The van der Waals surface area contributed by atoms with Gasteiger partial charge in [0.25, 0.3) is 5.91 Å². The van der Waals surface area contributed by atoms with Crippen molar-refractivity contribution >= 4 is 47.1 Å². The number of rotatable bonds is 6. The molecular weight excluding hydrogens is 512 g/mol. The Bertz CT molecular complexity index is 1020. The van der Waals surface area contributed by atoms with Crippen LogP contribution in [0.5, 0.6) is 0 Å². The van der Waals surface area contributed by atoms with E-state index >= 15 is 0 Å². The molecule has 202 valence electrons. The van der Waals surface area contributed by atoms with Crippen LogP contribution in [0, 0.1) is 0 Å². The van der Waals surface area contributed by atoms with Crippen LogP contribution < -0.4 is 4.90 Å². The van der Waals surface area contributed by atoms with Gasteiger partial charge in [-0.05, 0) is 24.3 Å². The molecular formula is C24H29ClN2O10. The van der Waals surface area contributed by atoms with E-state index in [1.165, 1.54) is 4.90 Å². The van der Waals surface area contributed by atoms with Crippen LogP contribution in [0.1, 0.15) is 27.7 Å². The normalized spacial score (nSPS) is 25.6. The summed E-state index contributed by atoms with van der Waals surface area (Å²) in [5.41, 5.74) is 0.942. The van der Waals surface area contributed by atoms with Crippen molar-refractivity contribution in [2.45, 2.75) is 58.4 Å². The van der Waals surface area contributed by atoms with E-state index in [0.29, 0.717) is 31.2 Å². The molecule has 0 spiro atoms. The molecule has 2 fully saturated rings. The van der Waals surface area contributed by atoms with Crippen LogP contribution in [0.25, 0.3) is 0 Å². The molecule has 0 unspecified atom stereocenters. The maximum atomic E-state index is 13.6. The summed E-state index contributed by atoms with van der Waals surface area (Å²) in [6.07, 6.45) is -7.54. The fraction of sp³-hybridized carbons (Fsp3) is 0.542. The van der Waals surface area contributed by atoms with Crippen molar-refractivity contribution in [3.8, 4) is 0 Å². The largest absolute Gasteiger partial charge is 0.455 e. The van der Waals surface area contributed by atoms with Crippen molar-refractivity contribution in [2.24, 2.45) is 0 Å². The van der Waals surface area contributed by atoms with Gasteiger partial charge in [0.1, 0.15) is 0 Å². The van der Waals surface area contributed by atoms with Crippen LogP contribution in [0.3, 0.4) is 0 Å². The molecule has 1 aromatic carbocycles. The fourth-order valence-corrected chi connectivity index (χ4v) is 4.37. The van der Waals surface area contributed by atoms with Crippen LogP contribution in [-0.4, -0.2) is 91.6 Å². The average molecular weight is 541 g/mol. The highest BCUT2D eigenvalue weighted by atomic mass is 35.5. The highest BCUT2D eigenvalue weighted by Crippen LogP contribution is 2.31. The van der Waals surface area contributed by atoms with Crippen molar-refractivity contribution in [3.63, 3.8) is 0 Å². The van der Waals surface area contributed by atoms with E-state index in [1.807, 2.05) is 12.1 Å². The lowest BCUT2D eigenvalue weighted by molar-refractivity contribution is -0.292. The third-order valence-electron chi connectivity index (χ3n) is 5.71. The average Bonchev–Trinajstić information content (AvgIpc) is 2.81. The minimum Gasteiger partial charge on any atom is -0.455 e. The molecule has 37 heavy (non-hydrogen) atoms. The molecule has 12 nitrogen and oxygen atoms in total. The van der Waals surface area contributed by atoms with Gasteiger partial charge in [0, 0.05) is 64.6 Å². The molecule has 1 amide bonds. The van der Waals surface area contributed by atoms with Gasteiger partial charge in [-0.2, -0.15) is 0 Å². The number of halogens is 1. The van der Waals surface area contributed by atoms with Gasteiger partial charge in [-0.25, -0.2) is 0 Å². The predicted molar refractivity (Wildman–Crippen MR) is 127 cm³/mol. The van der Waals surface area contributed by atoms with Crippen LogP contribution in [0.2, 0.25) is 5.02 Å². The number of anilines is 1. The lowest BCUT2D eigenvalue weighted by atomic mass is 9.96. The van der Waals surface area contributed by atoms with E-state index in [9.17, 15) is 24.0 Å². The maximum absolute atomic E-state index is 13.6. The van der Waals surface area contributed by atoms with E-state index in [1.54, 1.807) is 12.1 Å². The third kappa shape index (κ3) is 7.32. The van der Waals surface area contributed by atoms with E-state index in [0.717, 1.165) is 33.4 Å². The van der Waals surface area contributed by atoms with Crippen molar-refractivity contribution < 1.29 is 47.7 Å². The first-order chi connectivity index (χ1) is 17.5. The molecule has 13 heteroatoms. The van der Waals surface area contributed by atoms with Gasteiger partial charge < -0.3 is 33.5 Å². The van der Waals surface area contributed by atoms with Gasteiger partial charge >= 0.3 is 23.9 Å². The van der Waals surface area contributed by atoms with Crippen molar-refractivity contribution in [2.75, 3.05) is 31.1 Å². The van der Waals surface area contributed by atoms with E-state index < -0.39 is 60.5 Å². The molecule has 0 radical (unpaired) electrons. The molecule has 2 aliphatic rings. The zero-order valence-corrected chi connectivity index (χ0v) is 21.6. The van der Waals surface area contributed by atoms with Crippen LogP contribution >= 0.6 is 11.6 Å². The van der Waals surface area contributed by atoms with Crippen molar-refractivity contribution in [3.05, 3.63) is 29.3 Å². The number of piperazine rings is 1. The Hall–Kier alpha value is -3.38. The highest BCUT2D eigenvalue weighted by molar-refractivity contribution is 6.30. The number of ether oxygens (including phenoxy) is 5. The number of hydrogen-bond donors (Lipinski definition) is 0. The summed E-state index contributed by atoms with van der Waals surface area (Å²) in [5, 5.41) is 0.611. The van der Waals surface area contributed by atoms with Crippen LogP contribution in [0.15, 0.2) is 24.3 Å². The first kappa shape index (κ1) is 28.2. The second-order valence-electron chi connectivity index (χ2n) is 8.55. The summed E-state index contributed by atoms with van der Waals surface area (Å²) in [5.74, 6) is -3.75. The Morgan fingerprint density at radius 1 is 0.730 bits per heavy atom. The van der Waals surface area contributed by atoms with Crippen LogP contribution in [0.4, 0.5) is 5.69 Å². The number of amides is 1. The summed E-state index contributed by atoms with van der Waals surface area (Å²) in [6, 6.07) is 7.31. The third-order valence-corrected chi connectivity index (χ3v) is 5.96. The quantitative estimate of drug-likeness (QED) is 0.378. The molecule has 0 aliphatic carbocycles. The molecule has 1 aromatic rings. The zero-order valence-electron chi connectivity index (χ0n) is 20.9. The van der Waals surface area contributed by atoms with Gasteiger partial charge in [0.2, 0.25) is 12.4 Å². The molecule has 2 heterocycles. The Morgan fingerprint density at radius 2 is 1.22 bits per heavy atom. The molecule has 2 aliphatic heterocycles. The zero-order chi connectivity index (χ0) is 27.3.